The summed E-state index contributed by atoms with van der Waals surface area (Å²) in [7, 11) is -3.22. The minimum Gasteiger partial charge on any atom is -0.378 e. The van der Waals surface area contributed by atoms with E-state index < -0.39 is 10.0 Å². The summed E-state index contributed by atoms with van der Waals surface area (Å²) in [5.74, 6) is 0.0142. The standard InChI is InChI=1S/C13H28N2O4S/c1-12(2)18-10-11-20(16,17)15-6-3-9-19-13-4-7-14-8-5-13/h12-15H,3-11H2,1-2H3. The van der Waals surface area contributed by atoms with Crippen molar-refractivity contribution >= 4 is 10.0 Å². The second-order valence-electron chi connectivity index (χ2n) is 5.31. The molecule has 0 aliphatic carbocycles. The third kappa shape index (κ3) is 8.86. The number of ether oxygens (including phenoxy) is 2. The van der Waals surface area contributed by atoms with Gasteiger partial charge in [-0.2, -0.15) is 0 Å². The molecule has 120 valence electrons. The molecule has 20 heavy (non-hydrogen) atoms. The van der Waals surface area contributed by atoms with Crippen molar-refractivity contribution in [3.63, 3.8) is 0 Å². The van der Waals surface area contributed by atoms with Gasteiger partial charge in [0, 0.05) is 13.2 Å². The summed E-state index contributed by atoms with van der Waals surface area (Å²) in [4.78, 5) is 0. The van der Waals surface area contributed by atoms with Crippen LogP contribution in [0.15, 0.2) is 0 Å². The fraction of sp³-hybridized carbons (Fsp3) is 1.00. The van der Waals surface area contributed by atoms with Gasteiger partial charge in [0.2, 0.25) is 10.0 Å². The normalized spacial score (nSPS) is 17.8. The Labute approximate surface area is 122 Å². The van der Waals surface area contributed by atoms with Crippen LogP contribution in [0.1, 0.15) is 33.1 Å². The number of hydrogen-bond acceptors (Lipinski definition) is 5. The van der Waals surface area contributed by atoms with Crippen LogP contribution in [0, 0.1) is 0 Å². The summed E-state index contributed by atoms with van der Waals surface area (Å²) in [6.45, 7) is 7.06. The second kappa shape index (κ2) is 9.68. The fourth-order valence-electron chi connectivity index (χ4n) is 1.98. The van der Waals surface area contributed by atoms with Gasteiger partial charge >= 0.3 is 0 Å². The predicted molar refractivity (Wildman–Crippen MR) is 79.3 cm³/mol. The summed E-state index contributed by atoms with van der Waals surface area (Å²) in [5, 5.41) is 3.28. The van der Waals surface area contributed by atoms with Crippen LogP contribution < -0.4 is 10.0 Å². The van der Waals surface area contributed by atoms with Crippen LogP contribution >= 0.6 is 0 Å². The lowest BCUT2D eigenvalue weighted by molar-refractivity contribution is 0.0322. The Hall–Kier alpha value is -0.210. The molecule has 1 rings (SSSR count). The molecule has 0 radical (unpaired) electrons. The Balaban J connectivity index is 2.01. The maximum absolute atomic E-state index is 11.6. The summed E-state index contributed by atoms with van der Waals surface area (Å²) in [6.07, 6.45) is 3.17. The number of piperidine rings is 1. The molecule has 0 aromatic heterocycles. The lowest BCUT2D eigenvalue weighted by Crippen LogP contribution is -2.33. The van der Waals surface area contributed by atoms with Crippen molar-refractivity contribution in [1.29, 1.82) is 0 Å². The van der Waals surface area contributed by atoms with Gasteiger partial charge in [0.25, 0.3) is 0 Å². The average molecular weight is 308 g/mol. The Bertz CT molecular complexity index is 340. The molecule has 0 atom stereocenters. The molecule has 2 N–H and O–H groups in total. The molecule has 0 aromatic carbocycles. The highest BCUT2D eigenvalue weighted by molar-refractivity contribution is 7.89. The highest BCUT2D eigenvalue weighted by Gasteiger charge is 2.13. The van der Waals surface area contributed by atoms with Gasteiger partial charge in [0.1, 0.15) is 0 Å². The molecular weight excluding hydrogens is 280 g/mol. The molecule has 6 nitrogen and oxygen atoms in total. The minimum absolute atomic E-state index is 0.0142. The summed E-state index contributed by atoms with van der Waals surface area (Å²) < 4.78 is 36.8. The van der Waals surface area contributed by atoms with Crippen LogP contribution in [0.5, 0.6) is 0 Å². The molecule has 1 heterocycles. The van der Waals surface area contributed by atoms with Crippen LogP contribution in [0.3, 0.4) is 0 Å². The topological polar surface area (TPSA) is 76.7 Å². The van der Waals surface area contributed by atoms with Crippen molar-refractivity contribution in [2.75, 3.05) is 38.6 Å². The second-order valence-corrected chi connectivity index (χ2v) is 7.23. The highest BCUT2D eigenvalue weighted by Crippen LogP contribution is 2.07. The first-order chi connectivity index (χ1) is 9.49. The molecule has 7 heteroatoms. The molecule has 0 bridgehead atoms. The third-order valence-corrected chi connectivity index (χ3v) is 4.43. The van der Waals surface area contributed by atoms with Crippen molar-refractivity contribution in [1.82, 2.24) is 10.0 Å². The number of sulfonamides is 1. The van der Waals surface area contributed by atoms with Gasteiger partial charge in [-0.1, -0.05) is 0 Å². The molecule has 1 aliphatic heterocycles. The van der Waals surface area contributed by atoms with Crippen molar-refractivity contribution in [2.24, 2.45) is 0 Å². The van der Waals surface area contributed by atoms with E-state index >= 15 is 0 Å². The summed E-state index contributed by atoms with van der Waals surface area (Å²) in [6, 6.07) is 0. The first-order valence-electron chi connectivity index (χ1n) is 7.41. The molecule has 0 amide bonds. The Morgan fingerprint density at radius 1 is 1.25 bits per heavy atom. The molecule has 1 aliphatic rings. The minimum atomic E-state index is -3.22. The van der Waals surface area contributed by atoms with Gasteiger partial charge in [-0.3, -0.25) is 0 Å². The van der Waals surface area contributed by atoms with E-state index in [4.69, 9.17) is 9.47 Å². The van der Waals surface area contributed by atoms with E-state index in [2.05, 4.69) is 10.0 Å². The smallest absolute Gasteiger partial charge is 0.213 e. The third-order valence-electron chi connectivity index (χ3n) is 3.09. The molecular formula is C13H28N2O4S. The lowest BCUT2D eigenvalue weighted by Gasteiger charge is -2.22. The largest absolute Gasteiger partial charge is 0.378 e. The first-order valence-corrected chi connectivity index (χ1v) is 9.06. The fourth-order valence-corrected chi connectivity index (χ4v) is 2.89. The van der Waals surface area contributed by atoms with E-state index in [1.807, 2.05) is 13.8 Å². The Morgan fingerprint density at radius 2 is 1.95 bits per heavy atom. The maximum Gasteiger partial charge on any atom is 0.213 e. The number of hydrogen-bond donors (Lipinski definition) is 2. The maximum atomic E-state index is 11.6. The van der Waals surface area contributed by atoms with Crippen LogP contribution in [0.2, 0.25) is 0 Å². The molecule has 1 fully saturated rings. The lowest BCUT2D eigenvalue weighted by atomic mass is 10.1. The summed E-state index contributed by atoms with van der Waals surface area (Å²) in [5.41, 5.74) is 0. The average Bonchev–Trinajstić information content (AvgIpc) is 2.38. The van der Waals surface area contributed by atoms with Crippen molar-refractivity contribution in [2.45, 2.75) is 45.3 Å². The van der Waals surface area contributed by atoms with E-state index in [1.165, 1.54) is 0 Å². The van der Waals surface area contributed by atoms with Crippen LogP contribution in [-0.4, -0.2) is 59.2 Å². The van der Waals surface area contributed by atoms with Crippen molar-refractivity contribution in [3.05, 3.63) is 0 Å². The predicted octanol–water partition coefficient (Wildman–Crippen LogP) is 0.490. The van der Waals surface area contributed by atoms with E-state index in [0.29, 0.717) is 25.7 Å². The van der Waals surface area contributed by atoms with Crippen LogP contribution in [0.25, 0.3) is 0 Å². The zero-order valence-corrected chi connectivity index (χ0v) is 13.4. The highest BCUT2D eigenvalue weighted by atomic mass is 32.2. The van der Waals surface area contributed by atoms with E-state index in [9.17, 15) is 8.42 Å². The molecule has 0 aromatic rings. The quantitative estimate of drug-likeness (QED) is 0.574. The number of rotatable bonds is 10. The van der Waals surface area contributed by atoms with Crippen molar-refractivity contribution < 1.29 is 17.9 Å². The van der Waals surface area contributed by atoms with E-state index in [1.54, 1.807) is 0 Å². The van der Waals surface area contributed by atoms with Gasteiger partial charge in [-0.05, 0) is 46.2 Å². The number of nitrogens with one attached hydrogen (secondary N) is 2. The van der Waals surface area contributed by atoms with Crippen LogP contribution in [-0.2, 0) is 19.5 Å². The van der Waals surface area contributed by atoms with Gasteiger partial charge in [0.15, 0.2) is 0 Å². The van der Waals surface area contributed by atoms with Gasteiger partial charge in [0.05, 0.1) is 24.6 Å². The van der Waals surface area contributed by atoms with Crippen molar-refractivity contribution in [3.8, 4) is 0 Å². The Kier molecular flexibility index (Phi) is 8.63. The van der Waals surface area contributed by atoms with Gasteiger partial charge in [-0.15, -0.1) is 0 Å². The van der Waals surface area contributed by atoms with Gasteiger partial charge < -0.3 is 14.8 Å². The SMILES string of the molecule is CC(C)OCCS(=O)(=O)NCCCOC1CCNCC1. The van der Waals surface area contributed by atoms with E-state index in [0.717, 1.165) is 25.9 Å². The van der Waals surface area contributed by atoms with Crippen LogP contribution in [0.4, 0.5) is 0 Å². The zero-order chi connectivity index (χ0) is 14.8. The first kappa shape index (κ1) is 17.8. The molecule has 0 saturated carbocycles. The summed E-state index contributed by atoms with van der Waals surface area (Å²) >= 11 is 0. The molecule has 0 unspecified atom stereocenters. The van der Waals surface area contributed by atoms with Gasteiger partial charge in [-0.25, -0.2) is 13.1 Å². The molecule has 0 spiro atoms. The zero-order valence-electron chi connectivity index (χ0n) is 12.6. The monoisotopic (exact) mass is 308 g/mol. The Morgan fingerprint density at radius 3 is 2.60 bits per heavy atom. The molecule has 1 saturated heterocycles. The van der Waals surface area contributed by atoms with E-state index in [-0.39, 0.29) is 18.5 Å².